The molecule has 0 radical (unpaired) electrons. The second kappa shape index (κ2) is 5.02. The summed E-state index contributed by atoms with van der Waals surface area (Å²) in [7, 11) is 0. The quantitative estimate of drug-likeness (QED) is 0.791. The molecular formula is C12H17BrF3NO. The van der Waals surface area contributed by atoms with Gasteiger partial charge in [-0.15, -0.1) is 0 Å². The van der Waals surface area contributed by atoms with E-state index in [0.717, 1.165) is 12.8 Å². The number of amides is 1. The smallest absolute Gasteiger partial charge is 0.350 e. The molecule has 1 amide bonds. The number of hydrogen-bond donors (Lipinski definition) is 1. The highest BCUT2D eigenvalue weighted by molar-refractivity contribution is 9.09. The summed E-state index contributed by atoms with van der Waals surface area (Å²) in [5.74, 6) is -2.76. The molecular weight excluding hydrogens is 311 g/mol. The molecule has 0 aromatic rings. The lowest BCUT2D eigenvalue weighted by molar-refractivity contribution is -0.198. The molecule has 1 N–H and O–H groups in total. The van der Waals surface area contributed by atoms with Crippen molar-refractivity contribution in [1.82, 2.24) is 5.32 Å². The van der Waals surface area contributed by atoms with E-state index in [4.69, 9.17) is 0 Å². The Bertz CT molecular complexity index is 328. The number of rotatable bonds is 3. The summed E-state index contributed by atoms with van der Waals surface area (Å²) in [6.07, 6.45) is -0.824. The maximum absolute atomic E-state index is 12.9. The number of carbonyl (C=O) groups excluding carboxylic acids is 1. The van der Waals surface area contributed by atoms with Gasteiger partial charge >= 0.3 is 6.18 Å². The lowest BCUT2D eigenvalue weighted by Gasteiger charge is -2.33. The largest absolute Gasteiger partial charge is 0.392 e. The van der Waals surface area contributed by atoms with Crippen LogP contribution in [-0.4, -0.2) is 23.0 Å². The highest BCUT2D eigenvalue weighted by atomic mass is 79.9. The molecule has 0 aromatic carbocycles. The average Bonchev–Trinajstić information content (AvgIpc) is 3.08. The van der Waals surface area contributed by atoms with Gasteiger partial charge in [-0.1, -0.05) is 28.8 Å². The monoisotopic (exact) mass is 327 g/mol. The predicted octanol–water partition coefficient (Wildman–Crippen LogP) is 3.40. The number of carbonyl (C=O) groups is 1. The molecule has 2 aliphatic rings. The van der Waals surface area contributed by atoms with Gasteiger partial charge < -0.3 is 5.32 Å². The molecule has 0 saturated heterocycles. The maximum Gasteiger partial charge on any atom is 0.392 e. The van der Waals surface area contributed by atoms with Crippen LogP contribution < -0.4 is 5.32 Å². The van der Waals surface area contributed by atoms with Crippen molar-refractivity contribution in [1.29, 1.82) is 0 Å². The molecule has 0 aromatic heterocycles. The first-order valence-electron chi connectivity index (χ1n) is 6.33. The molecule has 0 aliphatic heterocycles. The molecule has 2 rings (SSSR count). The van der Waals surface area contributed by atoms with E-state index in [1.54, 1.807) is 0 Å². The predicted molar refractivity (Wildman–Crippen MR) is 65.4 cm³/mol. The van der Waals surface area contributed by atoms with Crippen LogP contribution >= 0.6 is 15.9 Å². The second-order valence-corrected chi connectivity index (χ2v) is 6.00. The van der Waals surface area contributed by atoms with E-state index >= 15 is 0 Å². The van der Waals surface area contributed by atoms with Crippen LogP contribution in [-0.2, 0) is 4.79 Å². The second-order valence-electron chi connectivity index (χ2n) is 5.44. The summed E-state index contributed by atoms with van der Waals surface area (Å²) in [5.41, 5.74) is -0.273. The van der Waals surface area contributed by atoms with E-state index in [2.05, 4.69) is 21.2 Å². The Morgan fingerprint density at radius 3 is 2.39 bits per heavy atom. The molecule has 0 heterocycles. The van der Waals surface area contributed by atoms with E-state index in [-0.39, 0.29) is 12.0 Å². The highest BCUT2D eigenvalue weighted by Crippen LogP contribution is 2.43. The Morgan fingerprint density at radius 1 is 1.28 bits per heavy atom. The Hall–Kier alpha value is -0.260. The molecule has 2 aliphatic carbocycles. The third kappa shape index (κ3) is 3.00. The van der Waals surface area contributed by atoms with Crippen LogP contribution in [0, 0.1) is 11.8 Å². The molecule has 6 heteroatoms. The van der Waals surface area contributed by atoms with Crippen molar-refractivity contribution in [2.24, 2.45) is 11.8 Å². The normalized spacial score (nSPS) is 30.9. The summed E-state index contributed by atoms with van der Waals surface area (Å²) in [4.78, 5) is 12.0. The molecule has 2 nitrogen and oxygen atoms in total. The van der Waals surface area contributed by atoms with E-state index in [1.165, 1.54) is 0 Å². The fraction of sp³-hybridized carbons (Fsp3) is 0.917. The van der Waals surface area contributed by atoms with Crippen LogP contribution in [0.3, 0.4) is 0 Å². The summed E-state index contributed by atoms with van der Waals surface area (Å²) in [5, 5.41) is 3.42. The average molecular weight is 328 g/mol. The fourth-order valence-corrected chi connectivity index (χ4v) is 3.33. The lowest BCUT2D eigenvalue weighted by atomic mass is 9.78. The zero-order valence-corrected chi connectivity index (χ0v) is 11.6. The first-order chi connectivity index (χ1) is 8.38. The van der Waals surface area contributed by atoms with Gasteiger partial charge in [0.15, 0.2) is 0 Å². The van der Waals surface area contributed by atoms with Crippen LogP contribution in [0.4, 0.5) is 13.2 Å². The van der Waals surface area contributed by atoms with Gasteiger partial charge in [0.1, 0.15) is 0 Å². The third-order valence-corrected chi connectivity index (χ3v) is 5.09. The fourth-order valence-electron chi connectivity index (χ4n) is 2.63. The van der Waals surface area contributed by atoms with E-state index < -0.39 is 23.9 Å². The van der Waals surface area contributed by atoms with Crippen LogP contribution in [0.2, 0.25) is 0 Å². The van der Waals surface area contributed by atoms with Gasteiger partial charge in [-0.25, -0.2) is 0 Å². The van der Waals surface area contributed by atoms with Gasteiger partial charge in [0.25, 0.3) is 0 Å². The van der Waals surface area contributed by atoms with Crippen LogP contribution in [0.15, 0.2) is 0 Å². The van der Waals surface area contributed by atoms with Crippen molar-refractivity contribution < 1.29 is 18.0 Å². The summed E-state index contributed by atoms with van der Waals surface area (Å²) in [6, 6.07) is 0. The van der Waals surface area contributed by atoms with Crippen molar-refractivity contribution in [2.45, 2.75) is 50.2 Å². The van der Waals surface area contributed by atoms with E-state index in [9.17, 15) is 18.0 Å². The van der Waals surface area contributed by atoms with Gasteiger partial charge in [0, 0.05) is 16.8 Å². The Balaban J connectivity index is 2.02. The lowest BCUT2D eigenvalue weighted by Crippen LogP contribution is -2.47. The summed E-state index contributed by atoms with van der Waals surface area (Å²) in [6.45, 7) is 0. The Labute approximate surface area is 113 Å². The minimum atomic E-state index is -4.26. The van der Waals surface area contributed by atoms with Gasteiger partial charge in [-0.05, 0) is 25.7 Å². The minimum Gasteiger partial charge on any atom is -0.350 e. The molecule has 2 fully saturated rings. The van der Waals surface area contributed by atoms with Gasteiger partial charge in [-0.3, -0.25) is 4.79 Å². The molecule has 2 unspecified atom stereocenters. The van der Waals surface area contributed by atoms with Crippen LogP contribution in [0.5, 0.6) is 0 Å². The third-order valence-electron chi connectivity index (χ3n) is 4.02. The number of nitrogens with one attached hydrogen (secondary N) is 1. The van der Waals surface area contributed by atoms with Crippen LogP contribution in [0.1, 0.15) is 38.5 Å². The molecule has 2 atom stereocenters. The molecule has 2 saturated carbocycles. The Morgan fingerprint density at radius 2 is 1.89 bits per heavy atom. The summed E-state index contributed by atoms with van der Waals surface area (Å²) >= 11 is 3.30. The van der Waals surface area contributed by atoms with Gasteiger partial charge in [0.2, 0.25) is 5.91 Å². The molecule has 104 valence electrons. The van der Waals surface area contributed by atoms with Crippen molar-refractivity contribution in [3.05, 3.63) is 0 Å². The van der Waals surface area contributed by atoms with E-state index in [1.807, 2.05) is 0 Å². The van der Waals surface area contributed by atoms with Gasteiger partial charge in [0.05, 0.1) is 5.92 Å². The maximum atomic E-state index is 12.9. The zero-order chi connectivity index (χ0) is 13.4. The number of alkyl halides is 4. The zero-order valence-electron chi connectivity index (χ0n) is 10.0. The highest BCUT2D eigenvalue weighted by Gasteiger charge is 2.50. The van der Waals surface area contributed by atoms with E-state index in [0.29, 0.717) is 24.6 Å². The first kappa shape index (κ1) is 14.2. The topological polar surface area (TPSA) is 29.1 Å². The number of halogens is 4. The SMILES string of the molecule is O=C(NC1(CBr)CC1)C1CCCCC1C(F)(F)F. The van der Waals surface area contributed by atoms with Crippen molar-refractivity contribution >= 4 is 21.8 Å². The first-order valence-corrected chi connectivity index (χ1v) is 7.45. The van der Waals surface area contributed by atoms with Crippen LogP contribution in [0.25, 0.3) is 0 Å². The van der Waals surface area contributed by atoms with Crippen molar-refractivity contribution in [2.75, 3.05) is 5.33 Å². The van der Waals surface area contributed by atoms with Crippen molar-refractivity contribution in [3.8, 4) is 0 Å². The number of hydrogen-bond acceptors (Lipinski definition) is 1. The molecule has 18 heavy (non-hydrogen) atoms. The van der Waals surface area contributed by atoms with Gasteiger partial charge in [-0.2, -0.15) is 13.2 Å². The minimum absolute atomic E-state index is 0.0862. The molecule has 0 spiro atoms. The standard InChI is InChI=1S/C12H17BrF3NO/c13-7-11(5-6-11)17-10(18)8-3-1-2-4-9(8)12(14,15)16/h8-9H,1-7H2,(H,17,18). The Kier molecular flexibility index (Phi) is 3.95. The molecule has 0 bridgehead atoms. The summed E-state index contributed by atoms with van der Waals surface area (Å²) < 4.78 is 38.7. The van der Waals surface area contributed by atoms with Crippen molar-refractivity contribution in [3.63, 3.8) is 0 Å².